The van der Waals surface area contributed by atoms with E-state index in [2.05, 4.69) is 23.6 Å². The Morgan fingerprint density at radius 2 is 1.62 bits per heavy atom. The van der Waals surface area contributed by atoms with Crippen LogP contribution in [0.3, 0.4) is 0 Å². The quantitative estimate of drug-likeness (QED) is 0.474. The summed E-state index contributed by atoms with van der Waals surface area (Å²) in [5.41, 5.74) is 5.39. The van der Waals surface area contributed by atoms with E-state index in [0.717, 1.165) is 28.1 Å². The van der Waals surface area contributed by atoms with Crippen LogP contribution in [0.4, 0.5) is 10.1 Å². The molecular weight excluding hydrogens is 361 g/mol. The van der Waals surface area contributed by atoms with Gasteiger partial charge in [-0.2, -0.15) is 0 Å². The highest BCUT2D eigenvalue weighted by molar-refractivity contribution is 6.01. The van der Waals surface area contributed by atoms with Crippen molar-refractivity contribution in [2.75, 3.05) is 4.90 Å². The van der Waals surface area contributed by atoms with E-state index in [1.807, 2.05) is 55.5 Å². The monoisotopic (exact) mass is 383 g/mol. The molecule has 0 aliphatic carbocycles. The summed E-state index contributed by atoms with van der Waals surface area (Å²) in [7, 11) is 0. The second-order valence-electron chi connectivity index (χ2n) is 7.08. The molecule has 0 radical (unpaired) electrons. The molecule has 1 unspecified atom stereocenters. The molecule has 29 heavy (non-hydrogen) atoms. The lowest BCUT2D eigenvalue weighted by Crippen LogP contribution is -2.33. The minimum atomic E-state index is -0.357. The number of ketones is 1. The third kappa shape index (κ3) is 3.52. The highest BCUT2D eigenvalue weighted by Gasteiger charge is 2.34. The van der Waals surface area contributed by atoms with Gasteiger partial charge in [0.05, 0.1) is 6.04 Å². The Kier molecular flexibility index (Phi) is 5.13. The molecule has 0 N–H and O–H groups in total. The van der Waals surface area contributed by atoms with E-state index in [1.165, 1.54) is 12.1 Å². The zero-order valence-corrected chi connectivity index (χ0v) is 16.3. The Labute approximate surface area is 170 Å². The summed E-state index contributed by atoms with van der Waals surface area (Å²) in [5, 5.41) is 0. The molecule has 3 heteroatoms. The Balaban J connectivity index is 1.98. The van der Waals surface area contributed by atoms with Crippen molar-refractivity contribution in [2.24, 2.45) is 0 Å². The zero-order chi connectivity index (χ0) is 20.4. The molecule has 4 rings (SSSR count). The number of anilines is 1. The molecule has 0 spiro atoms. The predicted octanol–water partition coefficient (Wildman–Crippen LogP) is 6.42. The van der Waals surface area contributed by atoms with Gasteiger partial charge in [0, 0.05) is 23.4 Å². The fourth-order valence-electron chi connectivity index (χ4n) is 3.83. The van der Waals surface area contributed by atoms with Crippen LogP contribution in [0.15, 0.2) is 91.0 Å². The summed E-state index contributed by atoms with van der Waals surface area (Å²) in [6, 6.07) is 24.1. The van der Waals surface area contributed by atoms with Crippen LogP contribution in [0.1, 0.15) is 36.1 Å². The summed E-state index contributed by atoms with van der Waals surface area (Å²) in [6.07, 6.45) is 2.51. The van der Waals surface area contributed by atoms with Crippen molar-refractivity contribution in [1.29, 1.82) is 0 Å². The van der Waals surface area contributed by atoms with Crippen LogP contribution in [0.25, 0.3) is 11.8 Å². The molecule has 1 heterocycles. The SMILES string of the molecule is C=C(C(=O)CC)C1c2ccccc2C=C(c2ccccc2)N1c1ccc(F)cc1. The van der Waals surface area contributed by atoms with E-state index in [4.69, 9.17) is 0 Å². The third-order valence-electron chi connectivity index (χ3n) is 5.28. The van der Waals surface area contributed by atoms with Gasteiger partial charge in [-0.1, -0.05) is 68.1 Å². The number of carbonyl (C=O) groups is 1. The normalized spacial score (nSPS) is 15.4. The van der Waals surface area contributed by atoms with Crippen LogP contribution in [0.5, 0.6) is 0 Å². The molecule has 0 amide bonds. The number of rotatable bonds is 5. The fraction of sp³-hybridized carbons (Fsp3) is 0.115. The van der Waals surface area contributed by atoms with Gasteiger partial charge in [0.1, 0.15) is 5.82 Å². The van der Waals surface area contributed by atoms with E-state index in [1.54, 1.807) is 12.1 Å². The molecule has 0 bridgehead atoms. The fourth-order valence-corrected chi connectivity index (χ4v) is 3.83. The first-order valence-corrected chi connectivity index (χ1v) is 9.73. The van der Waals surface area contributed by atoms with Gasteiger partial charge in [0.25, 0.3) is 0 Å². The number of hydrogen-bond donors (Lipinski definition) is 0. The van der Waals surface area contributed by atoms with Gasteiger partial charge >= 0.3 is 0 Å². The molecular formula is C26H22FNO. The molecule has 2 nitrogen and oxygen atoms in total. The molecule has 1 atom stereocenters. The van der Waals surface area contributed by atoms with Crippen LogP contribution in [0.2, 0.25) is 0 Å². The Hall–Kier alpha value is -3.46. The molecule has 3 aromatic carbocycles. The molecule has 1 aliphatic heterocycles. The van der Waals surface area contributed by atoms with Gasteiger partial charge in [-0.15, -0.1) is 0 Å². The van der Waals surface area contributed by atoms with Gasteiger partial charge < -0.3 is 4.90 Å². The maximum atomic E-state index is 13.6. The summed E-state index contributed by atoms with van der Waals surface area (Å²) < 4.78 is 13.6. The number of benzene rings is 3. The number of hydrogen-bond acceptors (Lipinski definition) is 2. The average Bonchev–Trinajstić information content (AvgIpc) is 2.78. The van der Waals surface area contributed by atoms with Crippen LogP contribution in [0, 0.1) is 5.82 Å². The summed E-state index contributed by atoms with van der Waals surface area (Å²) >= 11 is 0. The summed E-state index contributed by atoms with van der Waals surface area (Å²) in [5.74, 6) is -0.275. The Morgan fingerprint density at radius 1 is 0.966 bits per heavy atom. The largest absolute Gasteiger partial charge is 0.329 e. The predicted molar refractivity (Wildman–Crippen MR) is 117 cm³/mol. The second-order valence-corrected chi connectivity index (χ2v) is 7.08. The number of halogens is 1. The lowest BCUT2D eigenvalue weighted by Gasteiger charge is -2.40. The number of Topliss-reactive ketones (excluding diaryl/α,β-unsaturated/α-hetero) is 1. The Morgan fingerprint density at radius 3 is 2.31 bits per heavy atom. The average molecular weight is 383 g/mol. The number of nitrogens with zero attached hydrogens (tertiary/aromatic N) is 1. The number of carbonyl (C=O) groups excluding carboxylic acids is 1. The standard InChI is InChI=1S/C26H22FNO/c1-3-25(29)18(2)26-23-12-8-7-11-20(23)17-24(19-9-5-4-6-10-19)28(26)22-15-13-21(27)14-16-22/h4-17,26H,2-3H2,1H3. The molecule has 144 valence electrons. The first-order chi connectivity index (χ1) is 14.1. The first kappa shape index (κ1) is 18.9. The van der Waals surface area contributed by atoms with Crippen molar-refractivity contribution in [3.05, 3.63) is 114 Å². The molecule has 0 fully saturated rings. The zero-order valence-electron chi connectivity index (χ0n) is 16.3. The first-order valence-electron chi connectivity index (χ1n) is 9.73. The van der Waals surface area contributed by atoms with Crippen molar-refractivity contribution >= 4 is 23.2 Å². The van der Waals surface area contributed by atoms with Gasteiger partial charge in [-0.25, -0.2) is 4.39 Å². The Bertz CT molecular complexity index is 1080. The van der Waals surface area contributed by atoms with E-state index < -0.39 is 0 Å². The maximum Gasteiger partial charge on any atom is 0.160 e. The van der Waals surface area contributed by atoms with Crippen molar-refractivity contribution in [3.63, 3.8) is 0 Å². The van der Waals surface area contributed by atoms with Crippen LogP contribution >= 0.6 is 0 Å². The number of fused-ring (bicyclic) bond motifs is 1. The maximum absolute atomic E-state index is 13.6. The molecule has 0 saturated heterocycles. The van der Waals surface area contributed by atoms with Gasteiger partial charge in [0.15, 0.2) is 5.78 Å². The van der Waals surface area contributed by atoms with E-state index in [0.29, 0.717) is 12.0 Å². The molecule has 3 aromatic rings. The van der Waals surface area contributed by atoms with E-state index in [9.17, 15) is 9.18 Å². The summed E-state index contributed by atoms with van der Waals surface area (Å²) in [4.78, 5) is 14.8. The highest BCUT2D eigenvalue weighted by atomic mass is 19.1. The topological polar surface area (TPSA) is 20.3 Å². The minimum absolute atomic E-state index is 0.0197. The lowest BCUT2D eigenvalue weighted by molar-refractivity contribution is -0.115. The molecule has 0 aromatic heterocycles. The highest BCUT2D eigenvalue weighted by Crippen LogP contribution is 2.45. The lowest BCUT2D eigenvalue weighted by atomic mass is 9.85. The van der Waals surface area contributed by atoms with Gasteiger partial charge in [-0.3, -0.25) is 4.79 Å². The smallest absolute Gasteiger partial charge is 0.160 e. The third-order valence-corrected chi connectivity index (χ3v) is 5.28. The molecule has 0 saturated carbocycles. The van der Waals surface area contributed by atoms with Crippen LogP contribution in [-0.2, 0) is 4.79 Å². The summed E-state index contributed by atoms with van der Waals surface area (Å²) in [6.45, 7) is 6.02. The van der Waals surface area contributed by atoms with E-state index in [-0.39, 0.29) is 17.6 Å². The van der Waals surface area contributed by atoms with Crippen LogP contribution < -0.4 is 4.90 Å². The van der Waals surface area contributed by atoms with Gasteiger partial charge in [-0.05, 0) is 47.0 Å². The minimum Gasteiger partial charge on any atom is -0.329 e. The van der Waals surface area contributed by atoms with E-state index >= 15 is 0 Å². The van der Waals surface area contributed by atoms with Crippen LogP contribution in [-0.4, -0.2) is 5.78 Å². The van der Waals surface area contributed by atoms with Gasteiger partial charge in [0.2, 0.25) is 0 Å². The van der Waals surface area contributed by atoms with Crippen molar-refractivity contribution in [3.8, 4) is 0 Å². The molecule has 1 aliphatic rings. The van der Waals surface area contributed by atoms with Crippen molar-refractivity contribution < 1.29 is 9.18 Å². The van der Waals surface area contributed by atoms with Crippen molar-refractivity contribution in [1.82, 2.24) is 0 Å². The van der Waals surface area contributed by atoms with Crippen molar-refractivity contribution in [2.45, 2.75) is 19.4 Å². The second kappa shape index (κ2) is 7.88.